The first-order valence-electron chi connectivity index (χ1n) is 7.52. The van der Waals surface area contributed by atoms with Gasteiger partial charge in [0.15, 0.2) is 0 Å². The molecule has 0 fully saturated rings. The number of nitro benzene ring substituents is 2. The summed E-state index contributed by atoms with van der Waals surface area (Å²) in [6.45, 7) is 3.62. The molecule has 25 heavy (non-hydrogen) atoms. The fourth-order valence-electron chi connectivity index (χ4n) is 2.15. The van der Waals surface area contributed by atoms with E-state index in [1.54, 1.807) is 6.92 Å². The first-order valence-corrected chi connectivity index (χ1v) is 7.52. The molecule has 0 radical (unpaired) electrons. The average Bonchev–Trinajstić information content (AvgIpc) is 2.60. The first kappa shape index (κ1) is 20.0. The quantitative estimate of drug-likeness (QED) is 0.398. The third-order valence-corrected chi connectivity index (χ3v) is 3.74. The van der Waals surface area contributed by atoms with Gasteiger partial charge in [-0.15, -0.1) is 0 Å². The Labute approximate surface area is 143 Å². The van der Waals surface area contributed by atoms with E-state index >= 15 is 0 Å². The largest absolute Gasteiger partial charge is 0.469 e. The maximum atomic E-state index is 12.7. The number of carbonyl (C=O) groups is 2. The predicted octanol–water partition coefficient (Wildman–Crippen LogP) is 2.31. The molecule has 0 N–H and O–H groups in total. The number of non-ortho nitro benzene ring substituents is 2. The zero-order chi connectivity index (χ0) is 19.1. The number of rotatable bonds is 8. The van der Waals surface area contributed by atoms with Gasteiger partial charge in [-0.05, 0) is 13.3 Å². The van der Waals surface area contributed by atoms with E-state index in [-0.39, 0.29) is 24.6 Å². The molecular weight excluding hydrogens is 334 g/mol. The van der Waals surface area contributed by atoms with Crippen LogP contribution in [0.4, 0.5) is 11.4 Å². The van der Waals surface area contributed by atoms with Crippen LogP contribution in [0.5, 0.6) is 0 Å². The molecule has 0 saturated heterocycles. The molecule has 0 aliphatic heterocycles. The minimum Gasteiger partial charge on any atom is -0.469 e. The maximum Gasteiger partial charge on any atom is 0.307 e. The van der Waals surface area contributed by atoms with E-state index in [0.717, 1.165) is 18.2 Å². The molecule has 0 spiro atoms. The summed E-state index contributed by atoms with van der Waals surface area (Å²) in [5, 5.41) is 21.9. The molecule has 1 amide bonds. The van der Waals surface area contributed by atoms with Crippen molar-refractivity contribution in [2.75, 3.05) is 13.7 Å². The molecule has 1 aromatic rings. The Morgan fingerprint density at radius 3 is 2.08 bits per heavy atom. The second-order valence-electron chi connectivity index (χ2n) is 5.33. The van der Waals surface area contributed by atoms with Crippen LogP contribution in [-0.2, 0) is 9.53 Å². The van der Waals surface area contributed by atoms with Gasteiger partial charge in [0.25, 0.3) is 17.3 Å². The smallest absolute Gasteiger partial charge is 0.307 e. The highest BCUT2D eigenvalue weighted by Crippen LogP contribution is 2.24. The van der Waals surface area contributed by atoms with Gasteiger partial charge in [-0.25, -0.2) is 0 Å². The molecule has 0 aromatic heterocycles. The Balaban J connectivity index is 3.24. The van der Waals surface area contributed by atoms with Crippen LogP contribution in [0.1, 0.15) is 37.0 Å². The Morgan fingerprint density at radius 1 is 1.16 bits per heavy atom. The van der Waals surface area contributed by atoms with Gasteiger partial charge in [-0.2, -0.15) is 0 Å². The van der Waals surface area contributed by atoms with Gasteiger partial charge in [0.05, 0.1) is 35.0 Å². The lowest BCUT2D eigenvalue weighted by Gasteiger charge is -2.28. The van der Waals surface area contributed by atoms with Gasteiger partial charge in [-0.1, -0.05) is 6.92 Å². The van der Waals surface area contributed by atoms with E-state index in [4.69, 9.17) is 0 Å². The molecular formula is C15H19N3O7. The van der Waals surface area contributed by atoms with Crippen molar-refractivity contribution in [3.05, 3.63) is 44.0 Å². The average molecular weight is 353 g/mol. The van der Waals surface area contributed by atoms with E-state index in [2.05, 4.69) is 4.74 Å². The molecule has 1 unspecified atom stereocenters. The topological polar surface area (TPSA) is 133 Å². The molecule has 1 aromatic carbocycles. The van der Waals surface area contributed by atoms with E-state index in [1.807, 2.05) is 6.92 Å². The van der Waals surface area contributed by atoms with Crippen LogP contribution in [0, 0.1) is 20.2 Å². The Kier molecular flexibility index (Phi) is 6.97. The van der Waals surface area contributed by atoms with Gasteiger partial charge in [-0.3, -0.25) is 29.8 Å². The van der Waals surface area contributed by atoms with E-state index < -0.39 is 33.1 Å². The number of ether oxygens (including phenoxy) is 1. The van der Waals surface area contributed by atoms with Gasteiger partial charge in [0.1, 0.15) is 0 Å². The highest BCUT2D eigenvalue weighted by Gasteiger charge is 2.26. The minimum atomic E-state index is -0.800. The van der Waals surface area contributed by atoms with Crippen LogP contribution < -0.4 is 0 Å². The second kappa shape index (κ2) is 8.71. The van der Waals surface area contributed by atoms with E-state index in [0.29, 0.717) is 6.42 Å². The number of hydrogen-bond acceptors (Lipinski definition) is 7. The molecule has 0 saturated carbocycles. The van der Waals surface area contributed by atoms with Crippen LogP contribution in [0.25, 0.3) is 0 Å². The minimum absolute atomic E-state index is 0.0387. The lowest BCUT2D eigenvalue weighted by molar-refractivity contribution is -0.394. The number of esters is 1. The molecule has 10 nitrogen and oxygen atoms in total. The maximum absolute atomic E-state index is 12.7. The van der Waals surface area contributed by atoms with Crippen LogP contribution in [0.15, 0.2) is 18.2 Å². The molecule has 1 atom stereocenters. The van der Waals surface area contributed by atoms with Crippen molar-refractivity contribution in [3.8, 4) is 0 Å². The Morgan fingerprint density at radius 2 is 1.68 bits per heavy atom. The fourth-order valence-corrected chi connectivity index (χ4v) is 2.15. The monoisotopic (exact) mass is 353 g/mol. The number of nitrogens with zero attached hydrogens (tertiary/aromatic N) is 3. The summed E-state index contributed by atoms with van der Waals surface area (Å²) in [4.78, 5) is 45.7. The fraction of sp³-hybridized carbons (Fsp3) is 0.467. The van der Waals surface area contributed by atoms with Crippen LogP contribution in [-0.4, -0.2) is 46.3 Å². The summed E-state index contributed by atoms with van der Waals surface area (Å²) in [7, 11) is 1.22. The van der Waals surface area contributed by atoms with Crippen molar-refractivity contribution in [1.82, 2.24) is 4.90 Å². The number of hydrogen-bond donors (Lipinski definition) is 0. The lowest BCUT2D eigenvalue weighted by atomic mass is 10.1. The Hall–Kier alpha value is -3.04. The van der Waals surface area contributed by atoms with Crippen molar-refractivity contribution in [3.63, 3.8) is 0 Å². The SMILES string of the molecule is CCC(C)N(CCC(=O)OC)C(=O)c1cc([N+](=O)[O-])cc([N+](=O)[O-])c1. The van der Waals surface area contributed by atoms with Crippen molar-refractivity contribution >= 4 is 23.3 Å². The van der Waals surface area contributed by atoms with Crippen LogP contribution >= 0.6 is 0 Å². The summed E-state index contributed by atoms with van der Waals surface area (Å²) >= 11 is 0. The van der Waals surface area contributed by atoms with E-state index in [1.165, 1.54) is 12.0 Å². The number of nitro groups is 2. The van der Waals surface area contributed by atoms with Gasteiger partial charge in [0.2, 0.25) is 0 Å². The van der Waals surface area contributed by atoms with Gasteiger partial charge in [0, 0.05) is 24.7 Å². The van der Waals surface area contributed by atoms with Crippen LogP contribution in [0.2, 0.25) is 0 Å². The highest BCUT2D eigenvalue weighted by atomic mass is 16.6. The van der Waals surface area contributed by atoms with Gasteiger partial charge >= 0.3 is 5.97 Å². The van der Waals surface area contributed by atoms with E-state index in [9.17, 15) is 29.8 Å². The summed E-state index contributed by atoms with van der Waals surface area (Å²) in [6.07, 6.45) is 0.521. The molecule has 0 bridgehead atoms. The summed E-state index contributed by atoms with van der Waals surface area (Å²) in [5.41, 5.74) is -1.27. The highest BCUT2D eigenvalue weighted by molar-refractivity contribution is 5.96. The third kappa shape index (κ3) is 5.23. The number of benzene rings is 1. The lowest BCUT2D eigenvalue weighted by Crippen LogP contribution is -2.40. The predicted molar refractivity (Wildman–Crippen MR) is 87.2 cm³/mol. The van der Waals surface area contributed by atoms with Gasteiger partial charge < -0.3 is 9.64 Å². The normalized spacial score (nSPS) is 11.5. The summed E-state index contributed by atoms with van der Waals surface area (Å²) < 4.78 is 4.55. The van der Waals surface area contributed by atoms with Crippen molar-refractivity contribution in [2.24, 2.45) is 0 Å². The summed E-state index contributed by atoms with van der Waals surface area (Å²) in [6, 6.07) is 2.50. The molecule has 0 heterocycles. The van der Waals surface area contributed by atoms with Crippen molar-refractivity contribution < 1.29 is 24.2 Å². The standard InChI is InChI=1S/C15H19N3O7/c1-4-10(2)16(6-5-14(19)25-3)15(20)11-7-12(17(21)22)9-13(8-11)18(23)24/h7-10H,4-6H2,1-3H3. The molecule has 10 heteroatoms. The number of carbonyl (C=O) groups excluding carboxylic acids is 2. The zero-order valence-electron chi connectivity index (χ0n) is 14.1. The molecule has 0 aliphatic carbocycles. The van der Waals surface area contributed by atoms with Crippen LogP contribution in [0.3, 0.4) is 0 Å². The van der Waals surface area contributed by atoms with Crippen molar-refractivity contribution in [1.29, 1.82) is 0 Å². The summed E-state index contributed by atoms with van der Waals surface area (Å²) in [5.74, 6) is -1.13. The van der Waals surface area contributed by atoms with Crippen molar-refractivity contribution in [2.45, 2.75) is 32.7 Å². The zero-order valence-corrected chi connectivity index (χ0v) is 14.1. The molecule has 136 valence electrons. The number of amides is 1. The second-order valence-corrected chi connectivity index (χ2v) is 5.33. The third-order valence-electron chi connectivity index (χ3n) is 3.74. The Bertz CT molecular complexity index is 657. The molecule has 0 aliphatic rings. The number of methoxy groups -OCH3 is 1. The molecule has 1 rings (SSSR count). The first-order chi connectivity index (χ1) is 11.7.